The van der Waals surface area contributed by atoms with Gasteiger partial charge in [-0.2, -0.15) is 5.09 Å². The Morgan fingerprint density at radius 1 is 1.35 bits per heavy atom. The van der Waals surface area contributed by atoms with Gasteiger partial charge in [-0.1, -0.05) is 30.7 Å². The van der Waals surface area contributed by atoms with E-state index in [2.05, 4.69) is 12.0 Å². The minimum absolute atomic E-state index is 0.0149. The second-order valence-corrected chi connectivity index (χ2v) is 13.0. The zero-order chi connectivity index (χ0) is 29.5. The molecule has 0 spiro atoms. The normalized spacial score (nSPS) is 30.0. The molecule has 1 aliphatic carbocycles. The average molecular weight is 606 g/mol. The van der Waals surface area contributed by atoms with Gasteiger partial charge in [0.2, 0.25) is 5.91 Å². The van der Waals surface area contributed by atoms with Gasteiger partial charge in [0, 0.05) is 13.0 Å². The number of esters is 1. The maximum atomic E-state index is 15.4. The summed E-state index contributed by atoms with van der Waals surface area (Å²) in [7, 11) is -4.38. The lowest BCUT2D eigenvalue weighted by atomic mass is 9.98. The van der Waals surface area contributed by atoms with Gasteiger partial charge in [-0.15, -0.1) is 0 Å². The van der Waals surface area contributed by atoms with Crippen molar-refractivity contribution in [1.82, 2.24) is 15.3 Å². The topological polar surface area (TPSA) is 153 Å². The highest BCUT2D eigenvalue weighted by molar-refractivity contribution is 7.52. The van der Waals surface area contributed by atoms with Crippen LogP contribution >= 0.6 is 19.3 Å². The fourth-order valence-electron chi connectivity index (χ4n) is 4.37. The molecule has 2 heterocycles. The molecule has 12 nitrogen and oxygen atoms in total. The summed E-state index contributed by atoms with van der Waals surface area (Å²) < 4.78 is 51.3. The van der Waals surface area contributed by atoms with E-state index in [0.717, 1.165) is 23.3 Å². The smallest absolute Gasteiger partial charge is 0.459 e. The van der Waals surface area contributed by atoms with E-state index in [0.29, 0.717) is 0 Å². The molecule has 1 saturated carbocycles. The van der Waals surface area contributed by atoms with Crippen LogP contribution in [0.1, 0.15) is 52.5 Å². The summed E-state index contributed by atoms with van der Waals surface area (Å²) in [6.45, 7) is 5.92. The molecular weight excluding hydrogens is 572 g/mol. The molecule has 1 aromatic rings. The predicted molar refractivity (Wildman–Crippen MR) is 140 cm³/mol. The van der Waals surface area contributed by atoms with Gasteiger partial charge in [-0.25, -0.2) is 13.8 Å². The lowest BCUT2D eigenvalue weighted by Crippen LogP contribution is -2.58. The molecule has 0 bridgehead atoms. The Kier molecular flexibility index (Phi) is 8.85. The molecule has 0 aromatic heterocycles. The van der Waals surface area contributed by atoms with E-state index in [1.54, 1.807) is 32.0 Å². The number of aliphatic hydroxyl groups excluding tert-OH is 1. The van der Waals surface area contributed by atoms with Crippen molar-refractivity contribution >= 4 is 37.3 Å². The van der Waals surface area contributed by atoms with E-state index >= 15 is 4.39 Å². The molecule has 1 aromatic carbocycles. The van der Waals surface area contributed by atoms with Crippen molar-refractivity contribution in [2.24, 2.45) is 0 Å². The van der Waals surface area contributed by atoms with Crippen LogP contribution in [0.2, 0.25) is 0 Å². The number of benzene rings is 1. The lowest BCUT2D eigenvalue weighted by Gasteiger charge is -2.34. The number of imide groups is 1. The predicted octanol–water partition coefficient (Wildman–Crippen LogP) is 3.10. The number of nitrogens with zero attached hydrogens (tertiary/aromatic N) is 1. The van der Waals surface area contributed by atoms with E-state index in [4.69, 9.17) is 30.1 Å². The molecule has 6 atom stereocenters. The Balaban J connectivity index is 1.51. The fraction of sp³-hybridized carbons (Fsp3) is 0.640. The first-order chi connectivity index (χ1) is 18.6. The summed E-state index contributed by atoms with van der Waals surface area (Å²) >= 11 is 5.95. The van der Waals surface area contributed by atoms with Crippen molar-refractivity contribution < 1.29 is 47.0 Å². The molecule has 2 saturated heterocycles. The molecule has 15 heteroatoms. The second kappa shape index (κ2) is 11.5. The maximum absolute atomic E-state index is 15.4. The molecular formula is C25H34ClFN3O9P. The van der Waals surface area contributed by atoms with Crippen molar-refractivity contribution in [3.8, 4) is 5.75 Å². The largest absolute Gasteiger partial charge is 0.462 e. The number of aliphatic hydroxyl groups is 1. The first kappa shape index (κ1) is 30.7. The van der Waals surface area contributed by atoms with Gasteiger partial charge in [0.25, 0.3) is 5.13 Å². The van der Waals surface area contributed by atoms with Crippen LogP contribution in [0, 0.1) is 0 Å². The highest BCUT2D eigenvalue weighted by Crippen LogP contribution is 2.51. The number of rotatable bonds is 11. The quantitative estimate of drug-likeness (QED) is 0.195. The Hall–Kier alpha value is -2.28. The summed E-state index contributed by atoms with van der Waals surface area (Å²) in [6, 6.07) is 4.89. The number of nitrogens with one attached hydrogen (secondary N) is 2. The maximum Gasteiger partial charge on any atom is 0.459 e. The molecule has 3 aliphatic rings. The van der Waals surface area contributed by atoms with Crippen LogP contribution in [-0.4, -0.2) is 76.8 Å². The van der Waals surface area contributed by atoms with Gasteiger partial charge in [0.05, 0.1) is 12.7 Å². The van der Waals surface area contributed by atoms with Crippen LogP contribution in [0.5, 0.6) is 5.75 Å². The van der Waals surface area contributed by atoms with E-state index in [1.165, 1.54) is 6.92 Å². The van der Waals surface area contributed by atoms with Crippen LogP contribution in [0.15, 0.2) is 24.3 Å². The minimum Gasteiger partial charge on any atom is -0.462 e. The number of alkyl halides is 2. The van der Waals surface area contributed by atoms with E-state index in [-0.39, 0.29) is 24.1 Å². The van der Waals surface area contributed by atoms with Gasteiger partial charge >= 0.3 is 19.7 Å². The number of halogens is 2. The van der Waals surface area contributed by atoms with E-state index in [9.17, 15) is 24.1 Å². The summed E-state index contributed by atoms with van der Waals surface area (Å²) in [5.74, 6) is -1.07. The van der Waals surface area contributed by atoms with Gasteiger partial charge in [-0.3, -0.25) is 24.3 Å². The monoisotopic (exact) mass is 605 g/mol. The summed E-state index contributed by atoms with van der Waals surface area (Å²) in [4.78, 5) is 37.0. The molecule has 2 aliphatic heterocycles. The molecule has 222 valence electrons. The highest BCUT2D eigenvalue weighted by atomic mass is 35.5. The molecule has 3 N–H and O–H groups in total. The molecule has 4 rings (SSSR count). The Labute approximate surface area is 236 Å². The molecule has 40 heavy (non-hydrogen) atoms. The third-order valence-electron chi connectivity index (χ3n) is 6.97. The summed E-state index contributed by atoms with van der Waals surface area (Å²) in [5.41, 5.74) is 0.961. The lowest BCUT2D eigenvalue weighted by molar-refractivity contribution is -0.149. The molecule has 3 amide bonds. The number of ether oxygens (including phenoxy) is 2. The van der Waals surface area contributed by atoms with Crippen LogP contribution in [0.25, 0.3) is 0 Å². The Bertz CT molecular complexity index is 1200. The Morgan fingerprint density at radius 2 is 2.05 bits per heavy atom. The number of hydrogen-bond acceptors (Lipinski definition) is 9. The zero-order valence-corrected chi connectivity index (χ0v) is 24.2. The summed E-state index contributed by atoms with van der Waals surface area (Å²) in [5, 5.41) is 12.2. The van der Waals surface area contributed by atoms with E-state index < -0.39 is 68.0 Å². The number of carbonyl (C=O) groups is 3. The SMILES string of the molecule is CC(C)OC(=O)[C@H](C)NP(=O)(OC[C@H]1O[C@@H](N2CCC(=O)NC2=O)[C@@](F)(Cl)[C@@H]1O)Oc1cccc(C2(C)CC2)c1. The van der Waals surface area contributed by atoms with Gasteiger partial charge in [-0.05, 0) is 56.7 Å². The van der Waals surface area contributed by atoms with Crippen molar-refractivity contribution in [1.29, 1.82) is 0 Å². The van der Waals surface area contributed by atoms with Gasteiger partial charge in [0.15, 0.2) is 6.23 Å². The first-order valence-corrected chi connectivity index (χ1v) is 14.9. The third-order valence-corrected chi connectivity index (χ3v) is 9.03. The third kappa shape index (κ3) is 6.78. The second-order valence-electron chi connectivity index (χ2n) is 10.8. The fourth-order valence-corrected chi connectivity index (χ4v) is 6.17. The average Bonchev–Trinajstić information content (AvgIpc) is 3.57. The van der Waals surface area contributed by atoms with Crippen molar-refractivity contribution in [2.75, 3.05) is 13.2 Å². The Morgan fingerprint density at radius 3 is 2.67 bits per heavy atom. The van der Waals surface area contributed by atoms with Crippen LogP contribution in [-0.2, 0) is 33.6 Å². The van der Waals surface area contributed by atoms with Crippen LogP contribution in [0.4, 0.5) is 9.18 Å². The van der Waals surface area contributed by atoms with Gasteiger partial charge < -0.3 is 19.1 Å². The molecule has 0 radical (unpaired) electrons. The minimum atomic E-state index is -4.38. The number of hydrogen-bond donors (Lipinski definition) is 3. The van der Waals surface area contributed by atoms with Crippen LogP contribution < -0.4 is 14.9 Å². The zero-order valence-electron chi connectivity index (χ0n) is 22.6. The highest BCUT2D eigenvalue weighted by Gasteiger charge is 2.60. The van der Waals surface area contributed by atoms with Crippen molar-refractivity contribution in [2.45, 2.75) is 88.1 Å². The molecule has 1 unspecified atom stereocenters. The van der Waals surface area contributed by atoms with E-state index in [1.807, 2.05) is 11.4 Å². The number of urea groups is 1. The van der Waals surface area contributed by atoms with Gasteiger partial charge in [0.1, 0.15) is 24.0 Å². The molecule has 3 fully saturated rings. The number of amides is 3. The standard InChI is InChI=1S/C25H34ClFN3O9P/c1-14(2)37-21(33)15(3)29-40(35,39-17-7-5-6-16(12-17)24(4)9-10-24)36-13-18-20(32)25(26,27)22(38-18)30-11-8-19(31)28-23(30)34/h5-7,12,14-15,18,20,22,32H,8-11,13H2,1-4H3,(H,29,35)(H,28,31,34)/t15-,18+,20+,22+,25+,40?/m0/s1. The van der Waals surface area contributed by atoms with Crippen molar-refractivity contribution in [3.63, 3.8) is 0 Å². The summed E-state index contributed by atoms with van der Waals surface area (Å²) in [6.07, 6.45) is -3.85. The number of carbonyl (C=O) groups excluding carboxylic acids is 3. The van der Waals surface area contributed by atoms with Crippen LogP contribution in [0.3, 0.4) is 0 Å². The first-order valence-electron chi connectivity index (χ1n) is 13.0. The van der Waals surface area contributed by atoms with Crippen molar-refractivity contribution in [3.05, 3.63) is 29.8 Å².